The molecule has 1 aliphatic rings. The molecule has 2 N–H and O–H groups in total. The standard InChI is InChI=1S/C15H29NO2/c1-3-7-14(15(17)18)16-12(2)10-11-13-8-5-4-6-9-13/h12-14,16H,3-11H2,1-2H3,(H,17,18). The second-order valence-corrected chi connectivity index (χ2v) is 5.83. The summed E-state index contributed by atoms with van der Waals surface area (Å²) in [5, 5.41) is 12.4. The molecule has 0 aromatic carbocycles. The SMILES string of the molecule is CCCC(NC(C)CCC1CCCCC1)C(=O)O. The van der Waals surface area contributed by atoms with Crippen molar-refractivity contribution in [3.63, 3.8) is 0 Å². The summed E-state index contributed by atoms with van der Waals surface area (Å²) in [5.74, 6) is 0.179. The maximum atomic E-state index is 11.1. The molecular formula is C15H29NO2. The third-order valence-electron chi connectivity index (χ3n) is 4.09. The van der Waals surface area contributed by atoms with E-state index in [1.807, 2.05) is 6.92 Å². The van der Waals surface area contributed by atoms with Gasteiger partial charge in [-0.2, -0.15) is 0 Å². The number of hydrogen-bond acceptors (Lipinski definition) is 2. The summed E-state index contributed by atoms with van der Waals surface area (Å²) in [6, 6.07) is -0.0454. The van der Waals surface area contributed by atoms with Crippen molar-refractivity contribution in [3.8, 4) is 0 Å². The van der Waals surface area contributed by atoms with Crippen LogP contribution in [0.1, 0.15) is 71.6 Å². The molecule has 2 atom stereocenters. The van der Waals surface area contributed by atoms with Crippen LogP contribution in [-0.4, -0.2) is 23.2 Å². The Labute approximate surface area is 111 Å². The number of nitrogens with one attached hydrogen (secondary N) is 1. The van der Waals surface area contributed by atoms with Crippen molar-refractivity contribution < 1.29 is 9.90 Å². The van der Waals surface area contributed by atoms with Crippen LogP contribution >= 0.6 is 0 Å². The first-order valence-electron chi connectivity index (χ1n) is 7.62. The monoisotopic (exact) mass is 255 g/mol. The van der Waals surface area contributed by atoms with Gasteiger partial charge in [0.05, 0.1) is 0 Å². The summed E-state index contributed by atoms with van der Waals surface area (Å²) in [6.45, 7) is 4.15. The lowest BCUT2D eigenvalue weighted by molar-refractivity contribution is -0.139. The number of aliphatic carboxylic acids is 1. The molecule has 0 bridgehead atoms. The Morgan fingerprint density at radius 2 is 1.94 bits per heavy atom. The number of rotatable bonds is 8. The highest BCUT2D eigenvalue weighted by Gasteiger charge is 2.19. The Bertz CT molecular complexity index is 237. The molecule has 0 amide bonds. The smallest absolute Gasteiger partial charge is 0.320 e. The molecule has 1 fully saturated rings. The molecule has 1 rings (SSSR count). The van der Waals surface area contributed by atoms with Crippen LogP contribution in [0.2, 0.25) is 0 Å². The zero-order chi connectivity index (χ0) is 13.4. The fraction of sp³-hybridized carbons (Fsp3) is 0.933. The highest BCUT2D eigenvalue weighted by atomic mass is 16.4. The fourth-order valence-corrected chi connectivity index (χ4v) is 2.96. The topological polar surface area (TPSA) is 49.3 Å². The first-order chi connectivity index (χ1) is 8.63. The molecular weight excluding hydrogens is 226 g/mol. The van der Waals surface area contributed by atoms with Crippen molar-refractivity contribution in [1.82, 2.24) is 5.32 Å². The van der Waals surface area contributed by atoms with E-state index >= 15 is 0 Å². The summed E-state index contributed by atoms with van der Waals surface area (Å²) < 4.78 is 0. The molecule has 0 aliphatic heterocycles. The van der Waals surface area contributed by atoms with Gasteiger partial charge < -0.3 is 10.4 Å². The summed E-state index contributed by atoms with van der Waals surface area (Å²) in [4.78, 5) is 11.1. The Balaban J connectivity index is 2.22. The molecule has 0 heterocycles. The molecule has 0 spiro atoms. The zero-order valence-corrected chi connectivity index (χ0v) is 12.0. The third kappa shape index (κ3) is 5.85. The molecule has 1 aliphatic carbocycles. The van der Waals surface area contributed by atoms with Gasteiger partial charge in [0, 0.05) is 6.04 Å². The fourth-order valence-electron chi connectivity index (χ4n) is 2.96. The van der Waals surface area contributed by atoms with Crippen molar-refractivity contribution in [2.24, 2.45) is 5.92 Å². The third-order valence-corrected chi connectivity index (χ3v) is 4.09. The van der Waals surface area contributed by atoms with Gasteiger partial charge in [0.1, 0.15) is 6.04 Å². The van der Waals surface area contributed by atoms with Crippen LogP contribution in [0.5, 0.6) is 0 Å². The number of carboxylic acid groups (broad SMARTS) is 1. The lowest BCUT2D eigenvalue weighted by Gasteiger charge is -2.25. The van der Waals surface area contributed by atoms with Crippen LogP contribution in [0.25, 0.3) is 0 Å². The van der Waals surface area contributed by atoms with E-state index in [9.17, 15) is 4.79 Å². The van der Waals surface area contributed by atoms with E-state index in [0.717, 1.165) is 25.2 Å². The summed E-state index contributed by atoms with van der Waals surface area (Å²) >= 11 is 0. The van der Waals surface area contributed by atoms with E-state index in [0.29, 0.717) is 6.04 Å². The van der Waals surface area contributed by atoms with Gasteiger partial charge in [-0.25, -0.2) is 0 Å². The van der Waals surface area contributed by atoms with Gasteiger partial charge in [-0.1, -0.05) is 45.4 Å². The van der Waals surface area contributed by atoms with Crippen LogP contribution in [0.3, 0.4) is 0 Å². The minimum atomic E-state index is -0.707. The van der Waals surface area contributed by atoms with Gasteiger partial charge in [-0.15, -0.1) is 0 Å². The molecule has 0 aromatic heterocycles. The molecule has 0 radical (unpaired) electrons. The van der Waals surface area contributed by atoms with Crippen LogP contribution in [0, 0.1) is 5.92 Å². The average Bonchev–Trinajstić information content (AvgIpc) is 2.37. The largest absolute Gasteiger partial charge is 0.480 e. The molecule has 0 saturated heterocycles. The van der Waals surface area contributed by atoms with E-state index in [1.165, 1.54) is 38.5 Å². The van der Waals surface area contributed by atoms with Crippen LogP contribution in [0.15, 0.2) is 0 Å². The van der Waals surface area contributed by atoms with Crippen LogP contribution in [0.4, 0.5) is 0 Å². The Morgan fingerprint density at radius 1 is 1.28 bits per heavy atom. The highest BCUT2D eigenvalue weighted by molar-refractivity contribution is 5.73. The van der Waals surface area contributed by atoms with Crippen molar-refractivity contribution in [3.05, 3.63) is 0 Å². The predicted molar refractivity (Wildman–Crippen MR) is 74.7 cm³/mol. The molecule has 2 unspecified atom stereocenters. The minimum absolute atomic E-state index is 0.319. The minimum Gasteiger partial charge on any atom is -0.480 e. The van der Waals surface area contributed by atoms with Crippen molar-refractivity contribution >= 4 is 5.97 Å². The van der Waals surface area contributed by atoms with Gasteiger partial charge in [-0.3, -0.25) is 4.79 Å². The lowest BCUT2D eigenvalue weighted by Crippen LogP contribution is -2.42. The van der Waals surface area contributed by atoms with Gasteiger partial charge in [0.25, 0.3) is 0 Å². The quantitative estimate of drug-likeness (QED) is 0.697. The molecule has 3 heteroatoms. The summed E-state index contributed by atoms with van der Waals surface area (Å²) in [7, 11) is 0. The van der Waals surface area contributed by atoms with E-state index in [-0.39, 0.29) is 6.04 Å². The van der Waals surface area contributed by atoms with E-state index in [1.54, 1.807) is 0 Å². The number of carboxylic acids is 1. The van der Waals surface area contributed by atoms with Gasteiger partial charge in [0.15, 0.2) is 0 Å². The first kappa shape index (κ1) is 15.5. The Morgan fingerprint density at radius 3 is 2.50 bits per heavy atom. The van der Waals surface area contributed by atoms with Gasteiger partial charge in [-0.05, 0) is 32.1 Å². The second-order valence-electron chi connectivity index (χ2n) is 5.83. The average molecular weight is 255 g/mol. The normalized spacial score (nSPS) is 20.6. The maximum Gasteiger partial charge on any atom is 0.320 e. The predicted octanol–water partition coefficient (Wildman–Crippen LogP) is 3.58. The molecule has 0 aromatic rings. The van der Waals surface area contributed by atoms with E-state index in [2.05, 4.69) is 12.2 Å². The van der Waals surface area contributed by atoms with E-state index < -0.39 is 5.97 Å². The first-order valence-corrected chi connectivity index (χ1v) is 7.62. The number of hydrogen-bond donors (Lipinski definition) is 2. The highest BCUT2D eigenvalue weighted by Crippen LogP contribution is 2.27. The van der Waals surface area contributed by atoms with Gasteiger partial charge in [0.2, 0.25) is 0 Å². The Kier molecular flexibility index (Phi) is 7.33. The van der Waals surface area contributed by atoms with Crippen LogP contribution < -0.4 is 5.32 Å². The zero-order valence-electron chi connectivity index (χ0n) is 12.0. The molecule has 18 heavy (non-hydrogen) atoms. The van der Waals surface area contributed by atoms with E-state index in [4.69, 9.17) is 5.11 Å². The summed E-state index contributed by atoms with van der Waals surface area (Å²) in [6.07, 6.45) is 10.9. The number of carbonyl (C=O) groups is 1. The van der Waals surface area contributed by atoms with Gasteiger partial charge >= 0.3 is 5.97 Å². The van der Waals surface area contributed by atoms with Crippen molar-refractivity contribution in [2.75, 3.05) is 0 Å². The summed E-state index contributed by atoms with van der Waals surface area (Å²) in [5.41, 5.74) is 0. The second kappa shape index (κ2) is 8.52. The van der Waals surface area contributed by atoms with Crippen LogP contribution in [-0.2, 0) is 4.79 Å². The molecule has 106 valence electrons. The maximum absolute atomic E-state index is 11.1. The van der Waals surface area contributed by atoms with Crippen molar-refractivity contribution in [1.29, 1.82) is 0 Å². The molecule has 1 saturated carbocycles. The lowest BCUT2D eigenvalue weighted by atomic mass is 9.85. The van der Waals surface area contributed by atoms with Crippen molar-refractivity contribution in [2.45, 2.75) is 83.7 Å². The molecule has 3 nitrogen and oxygen atoms in total. The Hall–Kier alpha value is -0.570.